The lowest BCUT2D eigenvalue weighted by Crippen LogP contribution is -2.15. The van der Waals surface area contributed by atoms with Crippen LogP contribution in [0, 0.1) is 6.92 Å². The minimum atomic E-state index is -0.675. The average molecular weight is 174 g/mol. The molecule has 1 unspecified atom stereocenters. The van der Waals surface area contributed by atoms with Crippen LogP contribution in [0.25, 0.3) is 0 Å². The average Bonchev–Trinajstić information content (AvgIpc) is 2.16. The molecule has 0 bridgehead atoms. The molecule has 0 amide bonds. The molecule has 1 aromatic rings. The number of carbonyl (C=O) groups excluding carboxylic acids is 1. The van der Waals surface area contributed by atoms with Gasteiger partial charge < -0.3 is 4.74 Å². The summed E-state index contributed by atoms with van der Waals surface area (Å²) in [5, 5.41) is 0. The van der Waals surface area contributed by atoms with Gasteiger partial charge in [0.2, 0.25) is 0 Å². The Balaban J connectivity index is 2.95. The molecule has 0 N–H and O–H groups in total. The van der Waals surface area contributed by atoms with E-state index in [0.29, 0.717) is 0 Å². The molecule has 1 atom stereocenters. The third-order valence-electron chi connectivity index (χ3n) is 1.98. The van der Waals surface area contributed by atoms with Crippen molar-refractivity contribution in [1.29, 1.82) is 0 Å². The second-order valence-electron chi connectivity index (χ2n) is 2.86. The van der Waals surface area contributed by atoms with Crippen LogP contribution in [0.2, 0.25) is 0 Å². The van der Waals surface area contributed by atoms with Crippen molar-refractivity contribution in [2.75, 3.05) is 7.11 Å². The first-order chi connectivity index (χ1) is 6.16. The van der Waals surface area contributed by atoms with Gasteiger partial charge in [0.1, 0.15) is 0 Å². The summed E-state index contributed by atoms with van der Waals surface area (Å²) in [6.45, 7) is 1.91. The minimum absolute atomic E-state index is 0.408. The molecule has 0 heterocycles. The van der Waals surface area contributed by atoms with E-state index in [1.54, 1.807) is 0 Å². The van der Waals surface area contributed by atoms with E-state index in [2.05, 4.69) is 4.74 Å². The summed E-state index contributed by atoms with van der Waals surface area (Å²) in [5.41, 5.74) is 1.81. The van der Waals surface area contributed by atoms with Crippen LogP contribution in [-0.2, 0) is 9.53 Å². The van der Waals surface area contributed by atoms with Crippen LogP contribution < -0.4 is 0 Å². The van der Waals surface area contributed by atoms with E-state index < -0.39 is 11.8 Å². The molecule has 13 heavy (non-hydrogen) atoms. The van der Waals surface area contributed by atoms with Gasteiger partial charge >= 0.3 is 5.97 Å². The molecule has 0 aliphatic heterocycles. The second kappa shape index (κ2) is 4.12. The topological polar surface area (TPSA) is 26.3 Å². The number of benzene rings is 1. The van der Waals surface area contributed by atoms with Gasteiger partial charge in [0.05, 0.1) is 15.0 Å². The molecule has 0 fully saturated rings. The number of aryl methyl sites for hydroxylation is 1. The van der Waals surface area contributed by atoms with Crippen molar-refractivity contribution in [2.45, 2.75) is 12.7 Å². The highest BCUT2D eigenvalue weighted by Gasteiger charge is 2.15. The van der Waals surface area contributed by atoms with Crippen molar-refractivity contribution in [1.82, 2.24) is 0 Å². The van der Waals surface area contributed by atoms with Gasteiger partial charge in [-0.25, -0.2) is 0 Å². The van der Waals surface area contributed by atoms with Crippen LogP contribution in [0.4, 0.5) is 0 Å². The summed E-state index contributed by atoms with van der Waals surface area (Å²) in [6, 6.07) is 7.50. The zero-order valence-corrected chi connectivity index (χ0v) is 7.78. The first-order valence-corrected chi connectivity index (χ1v) is 4.05. The van der Waals surface area contributed by atoms with Crippen LogP contribution in [0.1, 0.15) is 16.9 Å². The zero-order valence-electron chi connectivity index (χ0n) is 7.78. The lowest BCUT2D eigenvalue weighted by molar-refractivity contribution is -0.140. The van der Waals surface area contributed by atoms with E-state index in [0.717, 1.165) is 11.1 Å². The molecule has 1 aromatic carbocycles. The van der Waals surface area contributed by atoms with E-state index in [1.165, 1.54) is 7.11 Å². The summed E-state index contributed by atoms with van der Waals surface area (Å²) in [6.07, 6.45) is 0. The van der Waals surface area contributed by atoms with E-state index >= 15 is 0 Å². The molecule has 0 aliphatic rings. The third-order valence-corrected chi connectivity index (χ3v) is 1.98. The molecule has 3 heteroatoms. The molecule has 66 valence electrons. The Morgan fingerprint density at radius 1 is 1.46 bits per heavy atom. The van der Waals surface area contributed by atoms with Crippen molar-refractivity contribution in [3.63, 3.8) is 0 Å². The maximum absolute atomic E-state index is 11.1. The van der Waals surface area contributed by atoms with Crippen LogP contribution in [0.5, 0.6) is 0 Å². The van der Waals surface area contributed by atoms with Gasteiger partial charge in [0.25, 0.3) is 0 Å². The fraction of sp³-hybridized carbons (Fsp3) is 0.300. The van der Waals surface area contributed by atoms with Crippen LogP contribution in [0.15, 0.2) is 24.3 Å². The second-order valence-corrected chi connectivity index (χ2v) is 2.86. The molecular formula is C10H11BO2. The highest BCUT2D eigenvalue weighted by atomic mass is 16.5. The van der Waals surface area contributed by atoms with Crippen molar-refractivity contribution in [3.8, 4) is 0 Å². The Morgan fingerprint density at radius 2 is 2.08 bits per heavy atom. The number of ether oxygens (including phenoxy) is 1. The normalized spacial score (nSPS) is 12.2. The number of hydrogen-bond acceptors (Lipinski definition) is 2. The lowest BCUT2D eigenvalue weighted by Gasteiger charge is -2.11. The van der Waals surface area contributed by atoms with Crippen molar-refractivity contribution in [2.24, 2.45) is 0 Å². The molecular weight excluding hydrogens is 163 g/mol. The third kappa shape index (κ3) is 2.11. The standard InChI is InChI=1S/C10H11BO2/c1-7-5-3-4-6-8(7)9(11)10(12)13-2/h3-6,9H,1-2H3. The van der Waals surface area contributed by atoms with Gasteiger partial charge in [-0.05, 0) is 18.1 Å². The Morgan fingerprint density at radius 3 is 2.62 bits per heavy atom. The summed E-state index contributed by atoms with van der Waals surface area (Å²) in [7, 11) is 7.01. The van der Waals surface area contributed by atoms with Gasteiger partial charge in [-0.1, -0.05) is 24.3 Å². The Labute approximate surface area is 79.3 Å². The van der Waals surface area contributed by atoms with Crippen molar-refractivity contribution < 1.29 is 9.53 Å². The predicted molar refractivity (Wildman–Crippen MR) is 51.7 cm³/mol. The Bertz CT molecular complexity index is 310. The predicted octanol–water partition coefficient (Wildman–Crippen LogP) is 1.38. The van der Waals surface area contributed by atoms with Gasteiger partial charge in [0, 0.05) is 5.82 Å². The number of carbonyl (C=O) groups is 1. The zero-order chi connectivity index (χ0) is 9.84. The summed E-state index contributed by atoms with van der Waals surface area (Å²) >= 11 is 0. The van der Waals surface area contributed by atoms with Gasteiger partial charge in [-0.15, -0.1) is 0 Å². The van der Waals surface area contributed by atoms with Crippen LogP contribution in [-0.4, -0.2) is 20.9 Å². The van der Waals surface area contributed by atoms with Gasteiger partial charge in [-0.2, -0.15) is 0 Å². The fourth-order valence-electron chi connectivity index (χ4n) is 1.19. The quantitative estimate of drug-likeness (QED) is 0.500. The molecule has 2 nitrogen and oxygen atoms in total. The Kier molecular flexibility index (Phi) is 3.12. The fourth-order valence-corrected chi connectivity index (χ4v) is 1.19. The SMILES string of the molecule is [B]C(C(=O)OC)c1ccccc1C. The molecule has 0 spiro atoms. The van der Waals surface area contributed by atoms with Crippen molar-refractivity contribution in [3.05, 3.63) is 35.4 Å². The first kappa shape index (κ1) is 9.84. The molecule has 0 saturated carbocycles. The maximum atomic E-state index is 11.1. The van der Waals surface area contributed by atoms with Gasteiger partial charge in [-0.3, -0.25) is 4.79 Å². The molecule has 2 radical (unpaired) electrons. The minimum Gasteiger partial charge on any atom is -0.469 e. The van der Waals surface area contributed by atoms with E-state index in [-0.39, 0.29) is 0 Å². The molecule has 0 aliphatic carbocycles. The summed E-state index contributed by atoms with van der Waals surface area (Å²) in [5.74, 6) is -1.08. The summed E-state index contributed by atoms with van der Waals surface area (Å²) in [4.78, 5) is 11.1. The Hall–Kier alpha value is -1.25. The van der Waals surface area contributed by atoms with Crippen LogP contribution in [0.3, 0.4) is 0 Å². The summed E-state index contributed by atoms with van der Waals surface area (Å²) < 4.78 is 4.56. The maximum Gasteiger partial charge on any atom is 0.304 e. The highest BCUT2D eigenvalue weighted by molar-refractivity contribution is 6.23. The smallest absolute Gasteiger partial charge is 0.304 e. The lowest BCUT2D eigenvalue weighted by atomic mass is 9.79. The molecule has 1 rings (SSSR count). The molecule has 0 saturated heterocycles. The van der Waals surface area contributed by atoms with E-state index in [4.69, 9.17) is 7.85 Å². The number of esters is 1. The number of hydrogen-bond donors (Lipinski definition) is 0. The van der Waals surface area contributed by atoms with E-state index in [9.17, 15) is 4.79 Å². The van der Waals surface area contributed by atoms with Crippen molar-refractivity contribution >= 4 is 13.8 Å². The molecule has 0 aromatic heterocycles. The van der Waals surface area contributed by atoms with E-state index in [1.807, 2.05) is 31.2 Å². The van der Waals surface area contributed by atoms with Crippen LogP contribution >= 0.6 is 0 Å². The first-order valence-electron chi connectivity index (χ1n) is 4.05. The van der Waals surface area contributed by atoms with Gasteiger partial charge in [0.15, 0.2) is 0 Å². The monoisotopic (exact) mass is 174 g/mol. The highest BCUT2D eigenvalue weighted by Crippen LogP contribution is 2.17. The number of methoxy groups -OCH3 is 1. The largest absolute Gasteiger partial charge is 0.469 e. The number of rotatable bonds is 2.